The van der Waals surface area contributed by atoms with Gasteiger partial charge in [-0.3, -0.25) is 0 Å². The van der Waals surface area contributed by atoms with Crippen molar-refractivity contribution in [3.8, 4) is 0 Å². The van der Waals surface area contributed by atoms with Crippen molar-refractivity contribution < 1.29 is 5.11 Å². The zero-order valence-corrected chi connectivity index (χ0v) is 17.3. The number of pyridine rings is 1. The van der Waals surface area contributed by atoms with Crippen LogP contribution in [0.2, 0.25) is 0 Å². The van der Waals surface area contributed by atoms with Crippen molar-refractivity contribution in [3.05, 3.63) is 62.8 Å². The van der Waals surface area contributed by atoms with Crippen molar-refractivity contribution in [1.82, 2.24) is 9.55 Å². The molecule has 4 rings (SSSR count). The van der Waals surface area contributed by atoms with Crippen LogP contribution in [-0.4, -0.2) is 27.3 Å². The van der Waals surface area contributed by atoms with Gasteiger partial charge in [-0.25, -0.2) is 4.98 Å². The normalized spacial score (nSPS) is 14.8. The zero-order valence-electron chi connectivity index (χ0n) is 14.1. The van der Waals surface area contributed by atoms with Crippen LogP contribution in [0.1, 0.15) is 17.7 Å². The number of hydrogen-bond acceptors (Lipinski definition) is 3. The number of hydrogen-bond donors (Lipinski definition) is 2. The second kappa shape index (κ2) is 7.55. The van der Waals surface area contributed by atoms with Gasteiger partial charge in [0.25, 0.3) is 0 Å². The zero-order chi connectivity index (χ0) is 18.1. The van der Waals surface area contributed by atoms with Crippen LogP contribution in [0.25, 0.3) is 17.0 Å². The van der Waals surface area contributed by atoms with E-state index in [1.165, 1.54) is 21.1 Å². The predicted molar refractivity (Wildman–Crippen MR) is 114 cm³/mol. The average Bonchev–Trinajstić information content (AvgIpc) is 2.93. The molecule has 4 nitrogen and oxygen atoms in total. The molecule has 1 aliphatic carbocycles. The van der Waals surface area contributed by atoms with Gasteiger partial charge < -0.3 is 15.0 Å². The van der Waals surface area contributed by atoms with Gasteiger partial charge in [0.15, 0.2) is 0 Å². The summed E-state index contributed by atoms with van der Waals surface area (Å²) in [4.78, 5) is 4.24. The van der Waals surface area contributed by atoms with E-state index in [4.69, 9.17) is 0 Å². The van der Waals surface area contributed by atoms with Gasteiger partial charge in [-0.1, -0.05) is 37.9 Å². The lowest BCUT2D eigenvalue weighted by Gasteiger charge is -2.18. The molecule has 1 aromatic carbocycles. The van der Waals surface area contributed by atoms with E-state index in [-0.39, 0.29) is 0 Å². The van der Waals surface area contributed by atoms with E-state index in [9.17, 15) is 5.11 Å². The van der Waals surface area contributed by atoms with Gasteiger partial charge in [-0.15, -0.1) is 0 Å². The van der Waals surface area contributed by atoms with Gasteiger partial charge in [0.1, 0.15) is 5.82 Å². The van der Waals surface area contributed by atoms with Gasteiger partial charge in [-0.2, -0.15) is 0 Å². The van der Waals surface area contributed by atoms with Crippen LogP contribution in [0.15, 0.2) is 51.6 Å². The Hall–Kier alpha value is -1.63. The highest BCUT2D eigenvalue weighted by Crippen LogP contribution is 2.36. The summed E-state index contributed by atoms with van der Waals surface area (Å²) in [6, 6.07) is 12.0. The fourth-order valence-electron chi connectivity index (χ4n) is 3.48. The van der Waals surface area contributed by atoms with Gasteiger partial charge >= 0.3 is 0 Å². The molecule has 2 heterocycles. The Bertz CT molecular complexity index is 966. The maximum atomic E-state index is 10.6. The molecule has 2 N–H and O–H groups in total. The van der Waals surface area contributed by atoms with Gasteiger partial charge in [-0.05, 0) is 53.7 Å². The number of nitrogens with one attached hydrogen (secondary N) is 1. The molecule has 1 aliphatic rings. The Morgan fingerprint density at radius 1 is 1.19 bits per heavy atom. The van der Waals surface area contributed by atoms with Crippen molar-refractivity contribution in [2.45, 2.75) is 25.5 Å². The van der Waals surface area contributed by atoms with E-state index in [1.807, 2.05) is 18.2 Å². The first kappa shape index (κ1) is 17.8. The summed E-state index contributed by atoms with van der Waals surface area (Å²) in [6.07, 6.45) is 5.41. The first-order valence-corrected chi connectivity index (χ1v) is 10.2. The highest BCUT2D eigenvalue weighted by atomic mass is 79.9. The standard InChI is InChI=1S/C20H19Br2N3O/c21-13-4-6-18-16(9-13)17-10-14(22)5-7-19(17)25(18)12-15(26)11-24-20-3-1-2-8-23-20/h1-4,6,8-10,15,26H,5,7,11-12H2,(H,23,24). The van der Waals surface area contributed by atoms with Gasteiger partial charge in [0.05, 0.1) is 12.6 Å². The minimum atomic E-state index is -0.505. The van der Waals surface area contributed by atoms with Crippen molar-refractivity contribution in [2.75, 3.05) is 11.9 Å². The lowest BCUT2D eigenvalue weighted by Crippen LogP contribution is -2.26. The van der Waals surface area contributed by atoms with Crippen LogP contribution >= 0.6 is 31.9 Å². The van der Waals surface area contributed by atoms with Crippen molar-refractivity contribution >= 4 is 54.7 Å². The molecule has 134 valence electrons. The van der Waals surface area contributed by atoms with E-state index in [0.29, 0.717) is 13.1 Å². The van der Waals surface area contributed by atoms with Gasteiger partial charge in [0, 0.05) is 39.4 Å². The first-order valence-electron chi connectivity index (χ1n) is 8.61. The highest BCUT2D eigenvalue weighted by molar-refractivity contribution is 9.11. The molecule has 0 fully saturated rings. The number of allylic oxidation sites excluding steroid dienone is 1. The number of aromatic nitrogens is 2. The second-order valence-corrected chi connectivity index (χ2v) is 8.41. The number of halogens is 2. The fraction of sp³-hybridized carbons (Fsp3) is 0.250. The maximum absolute atomic E-state index is 10.6. The van der Waals surface area contributed by atoms with Crippen molar-refractivity contribution in [2.24, 2.45) is 0 Å². The average molecular weight is 477 g/mol. The fourth-order valence-corrected chi connectivity index (χ4v) is 4.26. The maximum Gasteiger partial charge on any atom is 0.125 e. The monoisotopic (exact) mass is 475 g/mol. The number of benzene rings is 1. The van der Waals surface area contributed by atoms with Crippen LogP contribution in [-0.2, 0) is 13.0 Å². The summed E-state index contributed by atoms with van der Waals surface area (Å²) in [7, 11) is 0. The molecule has 0 radical (unpaired) electrons. The quantitative estimate of drug-likeness (QED) is 0.547. The third-order valence-corrected chi connectivity index (χ3v) is 5.77. The molecule has 1 atom stereocenters. The largest absolute Gasteiger partial charge is 0.389 e. The molecule has 2 aromatic heterocycles. The van der Waals surface area contributed by atoms with Crippen LogP contribution in [0.5, 0.6) is 0 Å². The third-order valence-electron chi connectivity index (χ3n) is 4.65. The Morgan fingerprint density at radius 3 is 2.88 bits per heavy atom. The van der Waals surface area contributed by atoms with Crippen LogP contribution in [0, 0.1) is 0 Å². The first-order chi connectivity index (χ1) is 12.6. The summed E-state index contributed by atoms with van der Waals surface area (Å²) in [6.45, 7) is 1.01. The van der Waals surface area contributed by atoms with E-state index in [2.05, 4.69) is 71.0 Å². The molecule has 0 spiro atoms. The second-order valence-electron chi connectivity index (χ2n) is 6.47. The Kier molecular flexibility index (Phi) is 5.16. The molecule has 0 saturated heterocycles. The van der Waals surface area contributed by atoms with Crippen LogP contribution < -0.4 is 5.32 Å². The van der Waals surface area contributed by atoms with E-state index >= 15 is 0 Å². The molecule has 0 bridgehead atoms. The molecule has 3 aromatic rings. The number of aliphatic hydroxyl groups is 1. The predicted octanol–water partition coefficient (Wildman–Crippen LogP) is 4.95. The lowest BCUT2D eigenvalue weighted by molar-refractivity contribution is 0.167. The summed E-state index contributed by atoms with van der Waals surface area (Å²) in [5.74, 6) is 0.779. The molecule has 0 amide bonds. The minimum Gasteiger partial charge on any atom is -0.389 e. The molecular weight excluding hydrogens is 458 g/mol. The van der Waals surface area contributed by atoms with Crippen molar-refractivity contribution in [3.63, 3.8) is 0 Å². The van der Waals surface area contributed by atoms with E-state index in [1.54, 1.807) is 6.20 Å². The topological polar surface area (TPSA) is 50.1 Å². The number of nitrogens with zero attached hydrogens (tertiary/aromatic N) is 2. The lowest BCUT2D eigenvalue weighted by atomic mass is 10.0. The Labute approximate surface area is 169 Å². The summed E-state index contributed by atoms with van der Waals surface area (Å²) < 4.78 is 4.55. The minimum absolute atomic E-state index is 0.460. The van der Waals surface area contributed by atoms with Gasteiger partial charge in [0.2, 0.25) is 0 Å². The number of fused-ring (bicyclic) bond motifs is 3. The molecule has 1 unspecified atom stereocenters. The van der Waals surface area contributed by atoms with Crippen LogP contribution in [0.4, 0.5) is 5.82 Å². The number of anilines is 1. The molecule has 26 heavy (non-hydrogen) atoms. The van der Waals surface area contributed by atoms with E-state index in [0.717, 1.165) is 28.6 Å². The number of aliphatic hydroxyl groups excluding tert-OH is 1. The third kappa shape index (κ3) is 3.59. The summed E-state index contributed by atoms with van der Waals surface area (Å²) in [5.41, 5.74) is 3.70. The molecular formula is C20H19Br2N3O. The smallest absolute Gasteiger partial charge is 0.125 e. The number of rotatable bonds is 5. The highest BCUT2D eigenvalue weighted by Gasteiger charge is 2.21. The molecule has 6 heteroatoms. The van der Waals surface area contributed by atoms with Crippen molar-refractivity contribution in [1.29, 1.82) is 0 Å². The van der Waals surface area contributed by atoms with E-state index < -0.39 is 6.10 Å². The summed E-state index contributed by atoms with van der Waals surface area (Å²) in [5, 5.41) is 15.0. The molecule has 0 aliphatic heterocycles. The SMILES string of the molecule is OC(CNc1ccccn1)Cn1c2c(c3cc(Br)ccc31)C=C(Br)CC2. The molecule has 0 saturated carbocycles. The van der Waals surface area contributed by atoms with Crippen LogP contribution in [0.3, 0.4) is 0 Å². The Morgan fingerprint density at radius 2 is 2.08 bits per heavy atom. The Balaban J connectivity index is 1.62. The summed E-state index contributed by atoms with van der Waals surface area (Å²) >= 11 is 7.23.